The molecule has 24 heavy (non-hydrogen) atoms. The fourth-order valence-electron chi connectivity index (χ4n) is 2.36. The smallest absolute Gasteiger partial charge is 0.253 e. The van der Waals surface area contributed by atoms with Crippen molar-refractivity contribution in [3.05, 3.63) is 71.3 Å². The summed E-state index contributed by atoms with van der Waals surface area (Å²) in [5.74, 6) is -0.0710. The first-order valence-electron chi connectivity index (χ1n) is 8.29. The van der Waals surface area contributed by atoms with Crippen LogP contribution in [-0.2, 0) is 6.54 Å². The van der Waals surface area contributed by atoms with E-state index in [9.17, 15) is 9.59 Å². The molecule has 0 fully saturated rings. The lowest BCUT2D eigenvalue weighted by Crippen LogP contribution is -2.27. The summed E-state index contributed by atoms with van der Waals surface area (Å²) in [4.78, 5) is 26.0. The van der Waals surface area contributed by atoms with Crippen molar-refractivity contribution in [2.75, 3.05) is 13.6 Å². The molecule has 0 atom stereocenters. The van der Waals surface area contributed by atoms with Crippen molar-refractivity contribution in [2.24, 2.45) is 0 Å². The van der Waals surface area contributed by atoms with E-state index in [-0.39, 0.29) is 11.8 Å². The van der Waals surface area contributed by atoms with Crippen molar-refractivity contribution in [3.8, 4) is 0 Å². The maximum atomic E-state index is 12.3. The molecule has 2 rings (SSSR count). The normalized spacial score (nSPS) is 10.2. The second-order valence-corrected chi connectivity index (χ2v) is 5.83. The molecule has 4 heteroatoms. The van der Waals surface area contributed by atoms with Gasteiger partial charge in [0.2, 0.25) is 0 Å². The minimum atomic E-state index is -0.102. The number of nitrogens with zero attached hydrogens (tertiary/aromatic N) is 1. The van der Waals surface area contributed by atoms with Crippen LogP contribution in [0.4, 0.5) is 0 Å². The van der Waals surface area contributed by atoms with Crippen LogP contribution in [0.3, 0.4) is 0 Å². The second-order valence-electron chi connectivity index (χ2n) is 5.83. The minimum Gasteiger partial charge on any atom is -0.348 e. The molecule has 0 radical (unpaired) electrons. The molecule has 0 saturated carbocycles. The highest BCUT2D eigenvalue weighted by molar-refractivity contribution is 5.94. The second kappa shape index (κ2) is 8.87. The molecule has 126 valence electrons. The molecule has 2 amide bonds. The van der Waals surface area contributed by atoms with Gasteiger partial charge in [0.1, 0.15) is 0 Å². The summed E-state index contributed by atoms with van der Waals surface area (Å²) in [7, 11) is 1.83. The Hall–Kier alpha value is -2.62. The Bertz CT molecular complexity index is 666. The Balaban J connectivity index is 1.90. The van der Waals surface area contributed by atoms with Gasteiger partial charge in [-0.05, 0) is 36.2 Å². The molecule has 0 aliphatic heterocycles. The Morgan fingerprint density at radius 3 is 2.25 bits per heavy atom. The lowest BCUT2D eigenvalue weighted by molar-refractivity contribution is 0.0793. The maximum absolute atomic E-state index is 12.3. The predicted octanol–water partition coefficient (Wildman–Crippen LogP) is 3.49. The van der Waals surface area contributed by atoms with Gasteiger partial charge in [0.15, 0.2) is 0 Å². The van der Waals surface area contributed by atoms with Crippen LogP contribution in [0.5, 0.6) is 0 Å². The number of hydrogen-bond donors (Lipinski definition) is 1. The maximum Gasteiger partial charge on any atom is 0.253 e. The average molecular weight is 324 g/mol. The molecule has 0 heterocycles. The highest BCUT2D eigenvalue weighted by atomic mass is 16.2. The molecule has 4 nitrogen and oxygen atoms in total. The van der Waals surface area contributed by atoms with Crippen LogP contribution in [-0.4, -0.2) is 30.3 Å². The van der Waals surface area contributed by atoms with E-state index in [1.165, 1.54) is 0 Å². The monoisotopic (exact) mass is 324 g/mol. The summed E-state index contributed by atoms with van der Waals surface area (Å²) in [6.07, 6.45) is 2.07. The Morgan fingerprint density at radius 2 is 1.62 bits per heavy atom. The summed E-state index contributed by atoms with van der Waals surface area (Å²) in [6, 6.07) is 16.5. The fraction of sp³-hybridized carbons (Fsp3) is 0.300. The van der Waals surface area contributed by atoms with Gasteiger partial charge in [-0.3, -0.25) is 9.59 Å². The van der Waals surface area contributed by atoms with Crippen LogP contribution in [0, 0.1) is 0 Å². The Labute approximate surface area is 143 Å². The lowest BCUT2D eigenvalue weighted by Gasteiger charge is -2.16. The lowest BCUT2D eigenvalue weighted by atomic mass is 10.1. The van der Waals surface area contributed by atoms with Gasteiger partial charge in [-0.2, -0.15) is 0 Å². The number of unbranched alkanes of at least 4 members (excludes halogenated alkanes) is 1. The van der Waals surface area contributed by atoms with Crippen LogP contribution < -0.4 is 5.32 Å². The van der Waals surface area contributed by atoms with E-state index in [0.29, 0.717) is 17.7 Å². The number of rotatable bonds is 7. The molecule has 0 bridgehead atoms. The molecule has 0 unspecified atom stereocenters. The molecule has 0 spiro atoms. The van der Waals surface area contributed by atoms with Gasteiger partial charge in [-0.15, -0.1) is 0 Å². The standard InChI is InChI=1S/C20H24N2O2/c1-3-4-14-22(2)20(24)18-12-10-16(11-13-18)15-21-19(23)17-8-6-5-7-9-17/h5-13H,3-4,14-15H2,1-2H3,(H,21,23). The van der Waals surface area contributed by atoms with E-state index in [4.69, 9.17) is 0 Å². The first-order chi connectivity index (χ1) is 11.6. The van der Waals surface area contributed by atoms with Gasteiger partial charge >= 0.3 is 0 Å². The fourth-order valence-corrected chi connectivity index (χ4v) is 2.36. The van der Waals surface area contributed by atoms with Crippen LogP contribution in [0.25, 0.3) is 0 Å². The largest absolute Gasteiger partial charge is 0.348 e. The zero-order valence-electron chi connectivity index (χ0n) is 14.3. The molecule has 0 aliphatic carbocycles. The van der Waals surface area contributed by atoms with E-state index in [2.05, 4.69) is 12.2 Å². The van der Waals surface area contributed by atoms with Crippen molar-refractivity contribution in [1.82, 2.24) is 10.2 Å². The zero-order valence-corrected chi connectivity index (χ0v) is 14.3. The highest BCUT2D eigenvalue weighted by Gasteiger charge is 2.11. The van der Waals surface area contributed by atoms with Gasteiger partial charge in [0, 0.05) is 31.3 Å². The summed E-state index contributed by atoms with van der Waals surface area (Å²) >= 11 is 0. The summed E-state index contributed by atoms with van der Waals surface area (Å²) < 4.78 is 0. The van der Waals surface area contributed by atoms with Crippen molar-refractivity contribution in [3.63, 3.8) is 0 Å². The van der Waals surface area contributed by atoms with Gasteiger partial charge in [0.05, 0.1) is 0 Å². The molecule has 2 aromatic rings. The van der Waals surface area contributed by atoms with E-state index >= 15 is 0 Å². The minimum absolute atomic E-state index is 0.0309. The third kappa shape index (κ3) is 4.95. The molecular formula is C20H24N2O2. The van der Waals surface area contributed by atoms with Gasteiger partial charge in [0.25, 0.3) is 11.8 Å². The van der Waals surface area contributed by atoms with Gasteiger partial charge < -0.3 is 10.2 Å². The Kier molecular flexibility index (Phi) is 6.55. The van der Waals surface area contributed by atoms with Crippen LogP contribution in [0.1, 0.15) is 46.0 Å². The third-order valence-corrected chi connectivity index (χ3v) is 3.88. The summed E-state index contributed by atoms with van der Waals surface area (Å²) in [5.41, 5.74) is 2.28. The van der Waals surface area contributed by atoms with Crippen LogP contribution in [0.15, 0.2) is 54.6 Å². The number of benzene rings is 2. The Morgan fingerprint density at radius 1 is 0.958 bits per heavy atom. The molecule has 0 aromatic heterocycles. The van der Waals surface area contributed by atoms with Crippen molar-refractivity contribution in [2.45, 2.75) is 26.3 Å². The molecule has 0 aliphatic rings. The molecule has 2 aromatic carbocycles. The summed E-state index contributed by atoms with van der Waals surface area (Å²) in [5, 5.41) is 2.88. The predicted molar refractivity (Wildman–Crippen MR) is 95.9 cm³/mol. The first-order valence-corrected chi connectivity index (χ1v) is 8.29. The number of hydrogen-bond acceptors (Lipinski definition) is 2. The average Bonchev–Trinajstić information content (AvgIpc) is 2.64. The van der Waals surface area contributed by atoms with E-state index in [1.54, 1.807) is 17.0 Å². The highest BCUT2D eigenvalue weighted by Crippen LogP contribution is 2.08. The van der Waals surface area contributed by atoms with E-state index < -0.39 is 0 Å². The summed E-state index contributed by atoms with van der Waals surface area (Å²) in [6.45, 7) is 3.31. The third-order valence-electron chi connectivity index (χ3n) is 3.88. The molecule has 0 saturated heterocycles. The number of nitrogens with one attached hydrogen (secondary N) is 1. The zero-order chi connectivity index (χ0) is 17.4. The van der Waals surface area contributed by atoms with Crippen molar-refractivity contribution in [1.29, 1.82) is 0 Å². The molecular weight excluding hydrogens is 300 g/mol. The van der Waals surface area contributed by atoms with Crippen molar-refractivity contribution >= 4 is 11.8 Å². The number of carbonyl (C=O) groups is 2. The van der Waals surface area contributed by atoms with E-state index in [0.717, 1.165) is 24.9 Å². The topological polar surface area (TPSA) is 49.4 Å². The molecule has 1 N–H and O–H groups in total. The first kappa shape index (κ1) is 17.7. The van der Waals surface area contributed by atoms with Crippen LogP contribution in [0.2, 0.25) is 0 Å². The SMILES string of the molecule is CCCCN(C)C(=O)c1ccc(CNC(=O)c2ccccc2)cc1. The van der Waals surface area contributed by atoms with E-state index in [1.807, 2.05) is 49.5 Å². The van der Waals surface area contributed by atoms with Crippen LogP contribution >= 0.6 is 0 Å². The number of carbonyl (C=O) groups excluding carboxylic acids is 2. The van der Waals surface area contributed by atoms with Gasteiger partial charge in [-0.25, -0.2) is 0 Å². The van der Waals surface area contributed by atoms with Crippen molar-refractivity contribution < 1.29 is 9.59 Å². The number of amides is 2. The van der Waals surface area contributed by atoms with Gasteiger partial charge in [-0.1, -0.05) is 43.7 Å². The quantitative estimate of drug-likeness (QED) is 0.847.